The molecule has 3 aromatic carbocycles. The van der Waals surface area contributed by atoms with E-state index in [9.17, 15) is 13.9 Å². The highest BCUT2D eigenvalue weighted by molar-refractivity contribution is 5.83. The van der Waals surface area contributed by atoms with Crippen molar-refractivity contribution in [1.82, 2.24) is 28.7 Å². The number of benzene rings is 3. The molecule has 258 valence electrons. The van der Waals surface area contributed by atoms with Crippen molar-refractivity contribution in [1.29, 1.82) is 0 Å². The topological polar surface area (TPSA) is 89.8 Å². The second kappa shape index (κ2) is 14.6. The van der Waals surface area contributed by atoms with Crippen LogP contribution in [-0.2, 0) is 6.61 Å². The van der Waals surface area contributed by atoms with Crippen LogP contribution < -0.4 is 4.74 Å². The molecule has 0 bridgehead atoms. The monoisotopic (exact) mass is 700 g/mol. The molecular weight excluding hydrogens is 671 g/mol. The van der Waals surface area contributed by atoms with Crippen LogP contribution in [0.25, 0.3) is 56.6 Å². The maximum absolute atomic E-state index is 14.5. The standard InChI is InChI=1S/C25H18FN3O.C18H12FN3O/c26-20-12-5-4-11-19(20)25-28-23(21-13-6-7-16-29(21)25)24-22(14-8-15-27-24)30-17-18-9-2-1-3-10-18;19-13-7-2-1-6-12(13)18-21-16(14-8-3-4-11-22(14)18)17-15(23)9-5-10-20-17/h1-16H,17H2;1-11,23H. The number of hydrogen-bond acceptors (Lipinski definition) is 6. The number of ether oxygens (including phenoxy) is 1. The highest BCUT2D eigenvalue weighted by Crippen LogP contribution is 2.35. The van der Waals surface area contributed by atoms with Gasteiger partial charge < -0.3 is 9.84 Å². The molecule has 10 heteroatoms. The molecule has 0 fully saturated rings. The van der Waals surface area contributed by atoms with Gasteiger partial charge in [0.05, 0.1) is 22.2 Å². The molecule has 0 spiro atoms. The number of nitrogens with zero attached hydrogens (tertiary/aromatic N) is 6. The molecule has 0 radical (unpaired) electrons. The Balaban J connectivity index is 0.000000156. The molecule has 0 unspecified atom stereocenters. The molecule has 0 saturated heterocycles. The van der Waals surface area contributed by atoms with Gasteiger partial charge in [-0.05, 0) is 78.4 Å². The van der Waals surface area contributed by atoms with Crippen LogP contribution in [0.4, 0.5) is 8.78 Å². The first-order valence-corrected chi connectivity index (χ1v) is 16.8. The summed E-state index contributed by atoms with van der Waals surface area (Å²) in [6, 6.07) is 41.3. The number of hydrogen-bond donors (Lipinski definition) is 1. The van der Waals surface area contributed by atoms with Gasteiger partial charge in [-0.25, -0.2) is 18.7 Å². The molecule has 0 aliphatic carbocycles. The predicted octanol–water partition coefficient (Wildman–Crippen LogP) is 9.69. The van der Waals surface area contributed by atoms with Gasteiger partial charge in [0.25, 0.3) is 0 Å². The van der Waals surface area contributed by atoms with Gasteiger partial charge in [0.2, 0.25) is 0 Å². The maximum Gasteiger partial charge on any atom is 0.148 e. The Hall–Kier alpha value is -7.20. The van der Waals surface area contributed by atoms with Gasteiger partial charge in [0.1, 0.15) is 64.2 Å². The summed E-state index contributed by atoms with van der Waals surface area (Å²) in [5.41, 5.74) is 5.65. The van der Waals surface area contributed by atoms with Gasteiger partial charge in [0.15, 0.2) is 0 Å². The first-order chi connectivity index (χ1) is 26.1. The molecule has 53 heavy (non-hydrogen) atoms. The average molecular weight is 701 g/mol. The highest BCUT2D eigenvalue weighted by atomic mass is 19.1. The van der Waals surface area contributed by atoms with E-state index in [1.165, 1.54) is 12.1 Å². The van der Waals surface area contributed by atoms with Crippen molar-refractivity contribution < 1.29 is 18.6 Å². The first kappa shape index (κ1) is 33.0. The van der Waals surface area contributed by atoms with Gasteiger partial charge in [-0.3, -0.25) is 18.8 Å². The fourth-order valence-electron chi connectivity index (χ4n) is 6.09. The predicted molar refractivity (Wildman–Crippen MR) is 200 cm³/mol. The summed E-state index contributed by atoms with van der Waals surface area (Å²) in [6.07, 6.45) is 6.99. The molecule has 8 nitrogen and oxygen atoms in total. The minimum absolute atomic E-state index is 0.0384. The number of rotatable bonds is 7. The van der Waals surface area contributed by atoms with Crippen molar-refractivity contribution in [2.45, 2.75) is 6.61 Å². The Morgan fingerprint density at radius 1 is 0.509 bits per heavy atom. The third-order valence-corrected chi connectivity index (χ3v) is 8.57. The zero-order valence-corrected chi connectivity index (χ0v) is 28.1. The zero-order valence-electron chi connectivity index (χ0n) is 28.1. The normalized spacial score (nSPS) is 11.0. The van der Waals surface area contributed by atoms with Crippen LogP contribution in [-0.4, -0.2) is 33.8 Å². The van der Waals surface area contributed by atoms with E-state index in [0.717, 1.165) is 16.6 Å². The van der Waals surface area contributed by atoms with Crippen molar-refractivity contribution in [3.8, 4) is 57.1 Å². The Morgan fingerprint density at radius 2 is 1.02 bits per heavy atom. The number of imidazole rings is 2. The van der Waals surface area contributed by atoms with E-state index < -0.39 is 0 Å². The molecule has 0 atom stereocenters. The van der Waals surface area contributed by atoms with Crippen LogP contribution in [0.15, 0.2) is 164 Å². The van der Waals surface area contributed by atoms with E-state index >= 15 is 0 Å². The Kier molecular flexibility index (Phi) is 9.07. The van der Waals surface area contributed by atoms with E-state index in [1.807, 2.05) is 95.7 Å². The quantitative estimate of drug-likeness (QED) is 0.178. The number of aromatic nitrogens is 6. The lowest BCUT2D eigenvalue weighted by Gasteiger charge is -2.09. The lowest BCUT2D eigenvalue weighted by Crippen LogP contribution is -1.98. The molecule has 0 aliphatic rings. The molecule has 0 amide bonds. The van der Waals surface area contributed by atoms with Crippen LogP contribution in [0, 0.1) is 11.6 Å². The van der Waals surface area contributed by atoms with Crippen molar-refractivity contribution in [3.63, 3.8) is 0 Å². The Labute approximate surface area is 302 Å². The molecule has 0 saturated carbocycles. The summed E-state index contributed by atoms with van der Waals surface area (Å²) in [4.78, 5) is 18.1. The van der Waals surface area contributed by atoms with Gasteiger partial charge in [0, 0.05) is 24.8 Å². The fourth-order valence-corrected chi connectivity index (χ4v) is 6.09. The van der Waals surface area contributed by atoms with Gasteiger partial charge in [-0.2, -0.15) is 0 Å². The lowest BCUT2D eigenvalue weighted by atomic mass is 10.2. The molecule has 1 N–H and O–H groups in total. The minimum Gasteiger partial charge on any atom is -0.506 e. The van der Waals surface area contributed by atoms with Crippen molar-refractivity contribution in [2.75, 3.05) is 0 Å². The molecule has 9 rings (SSSR count). The van der Waals surface area contributed by atoms with Crippen LogP contribution in [0.5, 0.6) is 11.5 Å². The van der Waals surface area contributed by atoms with E-state index in [2.05, 4.69) is 15.0 Å². The molecular formula is C43H30F2N6O2. The summed E-state index contributed by atoms with van der Waals surface area (Å²) in [5, 5.41) is 10.1. The van der Waals surface area contributed by atoms with E-state index in [1.54, 1.807) is 65.3 Å². The average Bonchev–Trinajstić information content (AvgIpc) is 3.78. The summed E-state index contributed by atoms with van der Waals surface area (Å²) in [7, 11) is 0. The first-order valence-electron chi connectivity index (χ1n) is 16.8. The lowest BCUT2D eigenvalue weighted by molar-refractivity contribution is 0.306. The van der Waals surface area contributed by atoms with E-state index in [4.69, 9.17) is 9.72 Å². The number of pyridine rings is 4. The third kappa shape index (κ3) is 6.57. The third-order valence-electron chi connectivity index (χ3n) is 8.57. The molecule has 6 heterocycles. The SMILES string of the molecule is Fc1ccccc1-c1nc(-c2ncccc2OCc2ccccc2)c2ccccn12.Oc1cccnc1-c1nc(-c2ccccc2F)n2ccccc12. The van der Waals surface area contributed by atoms with Crippen LogP contribution in [0.3, 0.4) is 0 Å². The van der Waals surface area contributed by atoms with Crippen LogP contribution in [0.1, 0.15) is 5.56 Å². The zero-order chi connectivity index (χ0) is 36.1. The van der Waals surface area contributed by atoms with E-state index in [-0.39, 0.29) is 17.4 Å². The molecule has 6 aromatic heterocycles. The molecule has 0 aliphatic heterocycles. The minimum atomic E-state index is -0.347. The van der Waals surface area contributed by atoms with Crippen LogP contribution >= 0.6 is 0 Å². The van der Waals surface area contributed by atoms with Gasteiger partial charge in [-0.15, -0.1) is 0 Å². The second-order valence-corrected chi connectivity index (χ2v) is 11.9. The number of aromatic hydroxyl groups is 1. The number of halogens is 2. The molecule has 9 aromatic rings. The Morgan fingerprint density at radius 3 is 1.60 bits per heavy atom. The summed E-state index contributed by atoms with van der Waals surface area (Å²) >= 11 is 0. The van der Waals surface area contributed by atoms with Gasteiger partial charge >= 0.3 is 0 Å². The summed E-state index contributed by atoms with van der Waals surface area (Å²) in [5.74, 6) is 1.00. The van der Waals surface area contributed by atoms with Gasteiger partial charge in [-0.1, -0.05) is 66.7 Å². The summed E-state index contributed by atoms with van der Waals surface area (Å²) < 4.78 is 38.4. The van der Waals surface area contributed by atoms with E-state index in [0.29, 0.717) is 57.9 Å². The highest BCUT2D eigenvalue weighted by Gasteiger charge is 2.21. The number of fused-ring (bicyclic) bond motifs is 2. The maximum atomic E-state index is 14.5. The second-order valence-electron chi connectivity index (χ2n) is 11.9. The van der Waals surface area contributed by atoms with Crippen molar-refractivity contribution in [3.05, 3.63) is 182 Å². The van der Waals surface area contributed by atoms with Crippen molar-refractivity contribution in [2.24, 2.45) is 0 Å². The Bertz CT molecular complexity index is 2610. The smallest absolute Gasteiger partial charge is 0.148 e. The fraction of sp³-hybridized carbons (Fsp3) is 0.0233. The summed E-state index contributed by atoms with van der Waals surface area (Å²) in [6.45, 7) is 0.422. The van der Waals surface area contributed by atoms with Crippen LogP contribution in [0.2, 0.25) is 0 Å². The van der Waals surface area contributed by atoms with Crippen molar-refractivity contribution >= 4 is 11.0 Å². The largest absolute Gasteiger partial charge is 0.506 e.